The Bertz CT molecular complexity index is 841. The van der Waals surface area contributed by atoms with Crippen molar-refractivity contribution in [2.24, 2.45) is 0 Å². The first kappa shape index (κ1) is 16.7. The minimum absolute atomic E-state index is 0.0236. The molecule has 0 bridgehead atoms. The van der Waals surface area contributed by atoms with Crippen LogP contribution in [0.4, 0.5) is 0 Å². The molecule has 0 atom stereocenters. The Morgan fingerprint density at radius 3 is 2.46 bits per heavy atom. The standard InChI is InChI=1S/C17H20N4O2S/c1-14-11-19-21(12-14)17-6-8-20(9-7-17)24(22,23)13-16-4-2-15(10-18)3-5-16/h2-5,11-12,17H,6-9,13H2,1H3. The lowest BCUT2D eigenvalue weighted by molar-refractivity contribution is 0.261. The molecule has 2 heterocycles. The normalized spacial score (nSPS) is 16.8. The Balaban J connectivity index is 1.63. The molecule has 0 unspecified atom stereocenters. The summed E-state index contributed by atoms with van der Waals surface area (Å²) in [7, 11) is -3.34. The Labute approximate surface area is 142 Å². The molecule has 24 heavy (non-hydrogen) atoms. The summed E-state index contributed by atoms with van der Waals surface area (Å²) in [5.74, 6) is -0.0236. The van der Waals surface area contributed by atoms with Crippen LogP contribution in [-0.4, -0.2) is 35.6 Å². The molecule has 6 nitrogen and oxygen atoms in total. The van der Waals surface area contributed by atoms with E-state index in [1.54, 1.807) is 28.6 Å². The number of sulfonamides is 1. The predicted octanol–water partition coefficient (Wildman–Crippen LogP) is 2.23. The molecule has 0 N–H and O–H groups in total. The molecule has 3 rings (SSSR count). The van der Waals surface area contributed by atoms with Crippen LogP contribution in [0.25, 0.3) is 0 Å². The zero-order valence-corrected chi connectivity index (χ0v) is 14.4. The van der Waals surface area contributed by atoms with Crippen molar-refractivity contribution in [3.05, 3.63) is 53.3 Å². The zero-order valence-electron chi connectivity index (χ0n) is 13.6. The summed E-state index contributed by atoms with van der Waals surface area (Å²) in [6.07, 6.45) is 5.38. The lowest BCUT2D eigenvalue weighted by atomic mass is 10.1. The highest BCUT2D eigenvalue weighted by Gasteiger charge is 2.29. The molecule has 1 aromatic carbocycles. The number of aryl methyl sites for hydroxylation is 1. The van der Waals surface area contributed by atoms with E-state index >= 15 is 0 Å². The van der Waals surface area contributed by atoms with Crippen LogP contribution in [0.1, 0.15) is 35.6 Å². The van der Waals surface area contributed by atoms with Crippen LogP contribution in [0, 0.1) is 18.3 Å². The Morgan fingerprint density at radius 1 is 1.25 bits per heavy atom. The summed E-state index contributed by atoms with van der Waals surface area (Å²) in [5.41, 5.74) is 2.36. The van der Waals surface area contributed by atoms with Crippen LogP contribution in [0.5, 0.6) is 0 Å². The average Bonchev–Trinajstić information content (AvgIpc) is 3.02. The fraction of sp³-hybridized carbons (Fsp3) is 0.412. The molecule has 1 aliphatic rings. The second kappa shape index (κ2) is 6.75. The van der Waals surface area contributed by atoms with Crippen LogP contribution in [0.15, 0.2) is 36.7 Å². The van der Waals surface area contributed by atoms with Gasteiger partial charge in [0, 0.05) is 19.3 Å². The van der Waals surface area contributed by atoms with Crippen molar-refractivity contribution < 1.29 is 8.42 Å². The third-order valence-electron chi connectivity index (χ3n) is 4.35. The summed E-state index contributed by atoms with van der Waals surface area (Å²) in [4.78, 5) is 0. The highest BCUT2D eigenvalue weighted by Crippen LogP contribution is 2.25. The smallest absolute Gasteiger partial charge is 0.218 e. The van der Waals surface area contributed by atoms with Crippen LogP contribution < -0.4 is 0 Å². The van der Waals surface area contributed by atoms with Gasteiger partial charge in [0.15, 0.2) is 0 Å². The van der Waals surface area contributed by atoms with Gasteiger partial charge in [0.2, 0.25) is 10.0 Å². The molecular weight excluding hydrogens is 324 g/mol. The zero-order chi connectivity index (χ0) is 17.2. The van der Waals surface area contributed by atoms with Gasteiger partial charge in [-0.25, -0.2) is 12.7 Å². The minimum atomic E-state index is -3.34. The summed E-state index contributed by atoms with van der Waals surface area (Å²) < 4.78 is 28.7. The maximum atomic E-state index is 12.6. The Hall–Kier alpha value is -2.17. The van der Waals surface area contributed by atoms with E-state index in [0.717, 1.165) is 18.4 Å². The molecule has 0 spiro atoms. The minimum Gasteiger partial charge on any atom is -0.269 e. The third-order valence-corrected chi connectivity index (χ3v) is 6.20. The van der Waals surface area contributed by atoms with E-state index in [4.69, 9.17) is 5.26 Å². The van der Waals surface area contributed by atoms with Gasteiger partial charge in [-0.05, 0) is 43.0 Å². The fourth-order valence-corrected chi connectivity index (χ4v) is 4.56. The molecular formula is C17H20N4O2S. The number of benzene rings is 1. The van der Waals surface area contributed by atoms with E-state index in [1.165, 1.54) is 0 Å². The second-order valence-electron chi connectivity index (χ2n) is 6.19. The first-order valence-electron chi connectivity index (χ1n) is 7.95. The van der Waals surface area contributed by atoms with Crippen LogP contribution in [0.2, 0.25) is 0 Å². The molecule has 0 saturated carbocycles. The van der Waals surface area contributed by atoms with Gasteiger partial charge >= 0.3 is 0 Å². The maximum Gasteiger partial charge on any atom is 0.218 e. The van der Waals surface area contributed by atoms with E-state index in [9.17, 15) is 8.42 Å². The van der Waals surface area contributed by atoms with Gasteiger partial charge in [-0.1, -0.05) is 12.1 Å². The van der Waals surface area contributed by atoms with E-state index in [0.29, 0.717) is 24.2 Å². The number of rotatable bonds is 4. The molecule has 7 heteroatoms. The van der Waals surface area contributed by atoms with Crippen molar-refractivity contribution in [2.45, 2.75) is 31.6 Å². The third kappa shape index (κ3) is 3.66. The molecule has 1 aromatic heterocycles. The van der Waals surface area contributed by atoms with Gasteiger partial charge in [0.1, 0.15) is 0 Å². The predicted molar refractivity (Wildman–Crippen MR) is 90.6 cm³/mol. The van der Waals surface area contributed by atoms with Gasteiger partial charge in [-0.2, -0.15) is 10.4 Å². The number of piperidine rings is 1. The Kier molecular flexibility index (Phi) is 4.69. The van der Waals surface area contributed by atoms with Gasteiger partial charge in [-0.15, -0.1) is 0 Å². The first-order chi connectivity index (χ1) is 11.5. The molecule has 1 saturated heterocycles. The van der Waals surface area contributed by atoms with Crippen molar-refractivity contribution >= 4 is 10.0 Å². The SMILES string of the molecule is Cc1cnn(C2CCN(S(=O)(=O)Cc3ccc(C#N)cc3)CC2)c1. The highest BCUT2D eigenvalue weighted by atomic mass is 32.2. The molecule has 0 amide bonds. The van der Waals surface area contributed by atoms with Crippen molar-refractivity contribution in [3.8, 4) is 6.07 Å². The largest absolute Gasteiger partial charge is 0.269 e. The van der Waals surface area contributed by atoms with Gasteiger partial charge < -0.3 is 0 Å². The monoisotopic (exact) mass is 344 g/mol. The number of aromatic nitrogens is 2. The average molecular weight is 344 g/mol. The summed E-state index contributed by atoms with van der Waals surface area (Å²) in [6, 6.07) is 9.01. The molecule has 1 fully saturated rings. The summed E-state index contributed by atoms with van der Waals surface area (Å²) >= 11 is 0. The quantitative estimate of drug-likeness (QED) is 0.852. The van der Waals surface area contributed by atoms with Crippen LogP contribution >= 0.6 is 0 Å². The topological polar surface area (TPSA) is 79.0 Å². The van der Waals surface area contributed by atoms with Crippen molar-refractivity contribution in [2.75, 3.05) is 13.1 Å². The lowest BCUT2D eigenvalue weighted by Crippen LogP contribution is -2.39. The number of hydrogen-bond donors (Lipinski definition) is 0. The molecule has 126 valence electrons. The molecule has 2 aromatic rings. The van der Waals surface area contributed by atoms with Crippen molar-refractivity contribution in [1.82, 2.24) is 14.1 Å². The van der Waals surface area contributed by atoms with Crippen molar-refractivity contribution in [1.29, 1.82) is 5.26 Å². The summed E-state index contributed by atoms with van der Waals surface area (Å²) in [6.45, 7) is 3.03. The van der Waals surface area contributed by atoms with Crippen LogP contribution in [0.3, 0.4) is 0 Å². The second-order valence-corrected chi connectivity index (χ2v) is 8.16. The van der Waals surface area contributed by atoms with Gasteiger partial charge in [0.25, 0.3) is 0 Å². The van der Waals surface area contributed by atoms with E-state index in [1.807, 2.05) is 30.1 Å². The van der Waals surface area contributed by atoms with E-state index in [2.05, 4.69) is 5.10 Å². The maximum absolute atomic E-state index is 12.6. The number of nitrogens with zero attached hydrogens (tertiary/aromatic N) is 4. The lowest BCUT2D eigenvalue weighted by Gasteiger charge is -2.31. The van der Waals surface area contributed by atoms with Crippen LogP contribution in [-0.2, 0) is 15.8 Å². The van der Waals surface area contributed by atoms with Crippen molar-refractivity contribution in [3.63, 3.8) is 0 Å². The van der Waals surface area contributed by atoms with E-state index in [-0.39, 0.29) is 11.8 Å². The van der Waals surface area contributed by atoms with E-state index < -0.39 is 10.0 Å². The van der Waals surface area contributed by atoms with Gasteiger partial charge in [-0.3, -0.25) is 4.68 Å². The molecule has 0 radical (unpaired) electrons. The Morgan fingerprint density at radius 2 is 1.92 bits per heavy atom. The van der Waals surface area contributed by atoms with Gasteiger partial charge in [0.05, 0.1) is 29.6 Å². The molecule has 0 aliphatic carbocycles. The number of hydrogen-bond acceptors (Lipinski definition) is 4. The highest BCUT2D eigenvalue weighted by molar-refractivity contribution is 7.88. The first-order valence-corrected chi connectivity index (χ1v) is 9.56. The fourth-order valence-electron chi connectivity index (χ4n) is 3.00. The molecule has 1 aliphatic heterocycles. The summed E-state index contributed by atoms with van der Waals surface area (Å²) in [5, 5.41) is 13.1. The number of nitriles is 1.